The van der Waals surface area contributed by atoms with Gasteiger partial charge in [0.1, 0.15) is 0 Å². The van der Waals surface area contributed by atoms with Crippen LogP contribution in [0, 0.1) is 5.41 Å². The third-order valence-corrected chi connectivity index (χ3v) is 4.23. The number of rotatable bonds is 2. The van der Waals surface area contributed by atoms with Crippen molar-refractivity contribution in [3.05, 3.63) is 30.0 Å². The molecule has 1 aliphatic carbocycles. The van der Waals surface area contributed by atoms with Crippen LogP contribution in [0.25, 0.3) is 10.9 Å². The molecule has 0 aliphatic heterocycles. The van der Waals surface area contributed by atoms with E-state index >= 15 is 0 Å². The molecular weight excluding hydrogens is 250 g/mol. The highest BCUT2D eigenvalue weighted by atomic mass is 16.2. The third-order valence-electron chi connectivity index (χ3n) is 4.23. The molecule has 1 amide bonds. The molecule has 1 atom stereocenters. The standard InChI is InChI=1S/C16H21N3O/c1-16(2)9-5-6-11(10-16)17-15(20)14-12-7-3-4-8-13(12)18-19-14/h3-4,7-8,11H,5-6,9-10H2,1-2H3,(H,17,20)(H,18,19). The maximum absolute atomic E-state index is 12.4. The number of carbonyl (C=O) groups is 1. The zero-order chi connectivity index (χ0) is 14.2. The van der Waals surface area contributed by atoms with E-state index in [1.165, 1.54) is 12.8 Å². The SMILES string of the molecule is CC1(C)CCCC(NC(=O)c2n[nH]c3ccccc23)C1. The molecule has 2 N–H and O–H groups in total. The lowest BCUT2D eigenvalue weighted by molar-refractivity contribution is 0.0899. The number of nitrogens with one attached hydrogen (secondary N) is 2. The number of aromatic amines is 1. The van der Waals surface area contributed by atoms with Gasteiger partial charge in [0.2, 0.25) is 0 Å². The Kier molecular flexibility index (Phi) is 3.24. The van der Waals surface area contributed by atoms with Crippen LogP contribution in [0.1, 0.15) is 50.0 Å². The van der Waals surface area contributed by atoms with Gasteiger partial charge in [0.25, 0.3) is 5.91 Å². The van der Waals surface area contributed by atoms with Crippen molar-refractivity contribution in [2.45, 2.75) is 45.6 Å². The minimum Gasteiger partial charge on any atom is -0.348 e. The summed E-state index contributed by atoms with van der Waals surface area (Å²) < 4.78 is 0. The fraction of sp³-hybridized carbons (Fsp3) is 0.500. The molecule has 0 saturated heterocycles. The van der Waals surface area contributed by atoms with Crippen LogP contribution in [0.4, 0.5) is 0 Å². The zero-order valence-corrected chi connectivity index (χ0v) is 12.1. The zero-order valence-electron chi connectivity index (χ0n) is 12.1. The van der Waals surface area contributed by atoms with Crippen molar-refractivity contribution < 1.29 is 4.79 Å². The van der Waals surface area contributed by atoms with Crippen molar-refractivity contribution >= 4 is 16.8 Å². The first-order valence-corrected chi connectivity index (χ1v) is 7.29. The molecule has 20 heavy (non-hydrogen) atoms. The predicted molar refractivity (Wildman–Crippen MR) is 79.6 cm³/mol. The van der Waals surface area contributed by atoms with E-state index in [9.17, 15) is 4.79 Å². The highest BCUT2D eigenvalue weighted by Gasteiger charge is 2.29. The maximum atomic E-state index is 12.4. The molecule has 3 rings (SSSR count). The van der Waals surface area contributed by atoms with Gasteiger partial charge in [0.05, 0.1) is 5.52 Å². The van der Waals surface area contributed by atoms with E-state index < -0.39 is 0 Å². The normalized spacial score (nSPS) is 21.8. The molecule has 4 heteroatoms. The monoisotopic (exact) mass is 271 g/mol. The van der Waals surface area contributed by atoms with E-state index in [1.54, 1.807) is 0 Å². The number of hydrogen-bond donors (Lipinski definition) is 2. The van der Waals surface area contributed by atoms with E-state index in [2.05, 4.69) is 29.4 Å². The van der Waals surface area contributed by atoms with Crippen molar-refractivity contribution in [2.75, 3.05) is 0 Å². The molecule has 2 aromatic rings. The average molecular weight is 271 g/mol. The number of amides is 1. The molecule has 1 aromatic carbocycles. The molecule has 106 valence electrons. The smallest absolute Gasteiger partial charge is 0.272 e. The molecule has 1 aliphatic rings. The van der Waals surface area contributed by atoms with Crippen molar-refractivity contribution in [2.24, 2.45) is 5.41 Å². The molecule has 1 aromatic heterocycles. The minimum absolute atomic E-state index is 0.0647. The average Bonchev–Trinajstić information content (AvgIpc) is 2.81. The molecule has 0 bridgehead atoms. The van der Waals surface area contributed by atoms with E-state index in [0.29, 0.717) is 11.1 Å². The minimum atomic E-state index is -0.0647. The Labute approximate surface area is 119 Å². The van der Waals surface area contributed by atoms with Gasteiger partial charge < -0.3 is 5.32 Å². The van der Waals surface area contributed by atoms with E-state index in [1.807, 2.05) is 24.3 Å². The van der Waals surface area contributed by atoms with Gasteiger partial charge in [-0.15, -0.1) is 0 Å². The summed E-state index contributed by atoms with van der Waals surface area (Å²) in [6.45, 7) is 4.55. The van der Waals surface area contributed by atoms with Gasteiger partial charge in [-0.1, -0.05) is 38.5 Å². The molecular formula is C16H21N3O. The lowest BCUT2D eigenvalue weighted by atomic mass is 9.75. The van der Waals surface area contributed by atoms with E-state index in [0.717, 1.165) is 23.7 Å². The van der Waals surface area contributed by atoms with Gasteiger partial charge in [-0.05, 0) is 30.7 Å². The summed E-state index contributed by atoms with van der Waals surface area (Å²) in [4.78, 5) is 12.4. The Balaban J connectivity index is 1.76. The molecule has 0 spiro atoms. The van der Waals surface area contributed by atoms with Crippen LogP contribution in [-0.2, 0) is 0 Å². The second-order valence-corrected chi connectivity index (χ2v) is 6.55. The van der Waals surface area contributed by atoms with Crippen LogP contribution in [-0.4, -0.2) is 22.1 Å². The Morgan fingerprint density at radius 2 is 2.20 bits per heavy atom. The summed E-state index contributed by atoms with van der Waals surface area (Å²) in [5.41, 5.74) is 1.73. The van der Waals surface area contributed by atoms with Crippen LogP contribution >= 0.6 is 0 Å². The lowest BCUT2D eigenvalue weighted by Gasteiger charge is -2.35. The first-order valence-electron chi connectivity index (χ1n) is 7.29. The Bertz CT molecular complexity index is 629. The van der Waals surface area contributed by atoms with Crippen molar-refractivity contribution in [3.63, 3.8) is 0 Å². The van der Waals surface area contributed by atoms with Gasteiger partial charge in [0, 0.05) is 11.4 Å². The van der Waals surface area contributed by atoms with Crippen LogP contribution < -0.4 is 5.32 Å². The molecule has 1 unspecified atom stereocenters. The predicted octanol–water partition coefficient (Wildman–Crippen LogP) is 3.26. The van der Waals surface area contributed by atoms with E-state index in [-0.39, 0.29) is 11.9 Å². The Hall–Kier alpha value is -1.84. The van der Waals surface area contributed by atoms with Crippen molar-refractivity contribution in [3.8, 4) is 0 Å². The van der Waals surface area contributed by atoms with Crippen LogP contribution in [0.5, 0.6) is 0 Å². The van der Waals surface area contributed by atoms with Gasteiger partial charge in [0.15, 0.2) is 5.69 Å². The summed E-state index contributed by atoms with van der Waals surface area (Å²) in [5, 5.41) is 11.1. The lowest BCUT2D eigenvalue weighted by Crippen LogP contribution is -2.40. The fourth-order valence-electron chi connectivity index (χ4n) is 3.21. The van der Waals surface area contributed by atoms with Crippen LogP contribution in [0.2, 0.25) is 0 Å². The van der Waals surface area contributed by atoms with Crippen LogP contribution in [0.3, 0.4) is 0 Å². The Morgan fingerprint density at radius 3 is 3.00 bits per heavy atom. The number of hydrogen-bond acceptors (Lipinski definition) is 2. The van der Waals surface area contributed by atoms with Crippen molar-refractivity contribution in [1.29, 1.82) is 0 Å². The fourth-order valence-corrected chi connectivity index (χ4v) is 3.21. The number of nitrogens with zero attached hydrogens (tertiary/aromatic N) is 1. The largest absolute Gasteiger partial charge is 0.348 e. The summed E-state index contributed by atoms with van der Waals surface area (Å²) in [6.07, 6.45) is 4.53. The summed E-state index contributed by atoms with van der Waals surface area (Å²) in [7, 11) is 0. The topological polar surface area (TPSA) is 57.8 Å². The van der Waals surface area contributed by atoms with Gasteiger partial charge in [-0.3, -0.25) is 9.89 Å². The van der Waals surface area contributed by atoms with Gasteiger partial charge in [-0.25, -0.2) is 0 Å². The Morgan fingerprint density at radius 1 is 1.40 bits per heavy atom. The van der Waals surface area contributed by atoms with Gasteiger partial charge in [-0.2, -0.15) is 5.10 Å². The number of fused-ring (bicyclic) bond motifs is 1. The second-order valence-electron chi connectivity index (χ2n) is 6.55. The summed E-state index contributed by atoms with van der Waals surface area (Å²) in [5.74, 6) is -0.0647. The number of aromatic nitrogens is 2. The first-order chi connectivity index (χ1) is 9.55. The molecule has 1 saturated carbocycles. The highest BCUT2D eigenvalue weighted by Crippen LogP contribution is 2.35. The van der Waals surface area contributed by atoms with Crippen LogP contribution in [0.15, 0.2) is 24.3 Å². The van der Waals surface area contributed by atoms with E-state index in [4.69, 9.17) is 0 Å². The summed E-state index contributed by atoms with van der Waals surface area (Å²) >= 11 is 0. The van der Waals surface area contributed by atoms with Crippen molar-refractivity contribution in [1.82, 2.24) is 15.5 Å². The highest BCUT2D eigenvalue weighted by molar-refractivity contribution is 6.04. The van der Waals surface area contributed by atoms with Gasteiger partial charge >= 0.3 is 0 Å². The molecule has 4 nitrogen and oxygen atoms in total. The molecule has 0 radical (unpaired) electrons. The molecule has 1 fully saturated rings. The third kappa shape index (κ3) is 2.55. The quantitative estimate of drug-likeness (QED) is 0.880. The first kappa shape index (κ1) is 13.2. The number of H-pyrrole nitrogens is 1. The number of para-hydroxylation sites is 1. The summed E-state index contributed by atoms with van der Waals surface area (Å²) in [6, 6.07) is 7.99. The molecule has 1 heterocycles. The number of carbonyl (C=O) groups excluding carboxylic acids is 1. The number of benzene rings is 1. The second kappa shape index (κ2) is 4.93. The maximum Gasteiger partial charge on any atom is 0.272 e.